The van der Waals surface area contributed by atoms with E-state index in [4.69, 9.17) is 5.11 Å². The lowest BCUT2D eigenvalue weighted by atomic mass is 10.1. The molecule has 94 valence electrons. The van der Waals surface area contributed by atoms with Crippen molar-refractivity contribution >= 4 is 11.9 Å². The summed E-state index contributed by atoms with van der Waals surface area (Å²) in [6.07, 6.45) is 2.21. The number of rotatable bonds is 5. The molecule has 0 aliphatic heterocycles. The quantitative estimate of drug-likeness (QED) is 0.787. The summed E-state index contributed by atoms with van der Waals surface area (Å²) in [6, 6.07) is -0.398. The minimum absolute atomic E-state index is 0.0898. The predicted octanol–water partition coefficient (Wildman–Crippen LogP) is 0.575. The van der Waals surface area contributed by atoms with Gasteiger partial charge < -0.3 is 10.4 Å². The van der Waals surface area contributed by atoms with E-state index in [2.05, 4.69) is 10.4 Å². The summed E-state index contributed by atoms with van der Waals surface area (Å²) in [7, 11) is 1.75. The topological polar surface area (TPSA) is 84.2 Å². The highest BCUT2D eigenvalue weighted by Gasteiger charge is 2.17. The zero-order valence-electron chi connectivity index (χ0n) is 10.2. The van der Waals surface area contributed by atoms with Crippen molar-refractivity contribution < 1.29 is 14.7 Å². The Balaban J connectivity index is 2.72. The van der Waals surface area contributed by atoms with Crippen molar-refractivity contribution in [2.24, 2.45) is 7.05 Å². The molecule has 1 rings (SSSR count). The van der Waals surface area contributed by atoms with Crippen molar-refractivity contribution in [1.82, 2.24) is 15.1 Å². The highest BCUT2D eigenvalue weighted by molar-refractivity contribution is 5.95. The number of aromatic nitrogens is 2. The summed E-state index contributed by atoms with van der Waals surface area (Å²) < 4.78 is 1.58. The summed E-state index contributed by atoms with van der Waals surface area (Å²) in [4.78, 5) is 22.4. The van der Waals surface area contributed by atoms with Gasteiger partial charge in [-0.3, -0.25) is 14.3 Å². The van der Waals surface area contributed by atoms with Gasteiger partial charge in [0.1, 0.15) is 0 Å². The van der Waals surface area contributed by atoms with Crippen LogP contribution in [0.25, 0.3) is 0 Å². The van der Waals surface area contributed by atoms with Crippen LogP contribution in [0.4, 0.5) is 0 Å². The van der Waals surface area contributed by atoms with Crippen molar-refractivity contribution in [2.75, 3.05) is 0 Å². The van der Waals surface area contributed by atoms with E-state index in [1.807, 2.05) is 6.92 Å². The Hall–Kier alpha value is -1.85. The summed E-state index contributed by atoms with van der Waals surface area (Å²) in [5, 5.41) is 15.4. The van der Waals surface area contributed by atoms with E-state index in [0.717, 1.165) is 0 Å². The molecular weight excluding hydrogens is 222 g/mol. The number of hydrogen-bond donors (Lipinski definition) is 2. The molecule has 0 aromatic carbocycles. The third-order valence-corrected chi connectivity index (χ3v) is 2.34. The van der Waals surface area contributed by atoms with E-state index < -0.39 is 12.0 Å². The molecule has 6 heteroatoms. The maximum Gasteiger partial charge on any atom is 0.305 e. The smallest absolute Gasteiger partial charge is 0.305 e. The zero-order valence-corrected chi connectivity index (χ0v) is 10.2. The number of carbonyl (C=O) groups excluding carboxylic acids is 1. The number of aryl methyl sites for hydroxylation is 2. The predicted molar refractivity (Wildman–Crippen MR) is 61.8 cm³/mol. The van der Waals surface area contributed by atoms with Gasteiger partial charge in [-0.2, -0.15) is 5.10 Å². The van der Waals surface area contributed by atoms with E-state index in [-0.39, 0.29) is 12.3 Å². The SMILES string of the molecule is CCc1nn(C)cc1C(=O)NC(C)CC(=O)O. The molecule has 1 aromatic rings. The summed E-state index contributed by atoms with van der Waals surface area (Å²) in [6.45, 7) is 3.58. The number of carboxylic acids is 1. The molecule has 1 heterocycles. The Morgan fingerprint density at radius 2 is 2.24 bits per heavy atom. The average molecular weight is 239 g/mol. The lowest BCUT2D eigenvalue weighted by Gasteiger charge is -2.10. The van der Waals surface area contributed by atoms with Crippen LogP contribution in [-0.2, 0) is 18.3 Å². The van der Waals surface area contributed by atoms with Gasteiger partial charge in [0.05, 0.1) is 17.7 Å². The van der Waals surface area contributed by atoms with Gasteiger partial charge in [-0.15, -0.1) is 0 Å². The fourth-order valence-corrected chi connectivity index (χ4v) is 1.60. The first-order chi connectivity index (χ1) is 7.93. The number of carboxylic acid groups (broad SMARTS) is 1. The second-order valence-corrected chi connectivity index (χ2v) is 3.99. The van der Waals surface area contributed by atoms with Gasteiger partial charge in [-0.1, -0.05) is 6.92 Å². The number of aliphatic carboxylic acids is 1. The van der Waals surface area contributed by atoms with Crippen LogP contribution in [0.3, 0.4) is 0 Å². The maximum absolute atomic E-state index is 11.9. The number of nitrogens with one attached hydrogen (secondary N) is 1. The molecule has 0 radical (unpaired) electrons. The molecule has 0 aliphatic carbocycles. The van der Waals surface area contributed by atoms with Crippen molar-refractivity contribution in [3.8, 4) is 0 Å². The molecule has 0 spiro atoms. The molecule has 0 aliphatic rings. The monoisotopic (exact) mass is 239 g/mol. The third-order valence-electron chi connectivity index (χ3n) is 2.34. The molecule has 2 N–H and O–H groups in total. The van der Waals surface area contributed by atoms with Crippen molar-refractivity contribution in [3.63, 3.8) is 0 Å². The van der Waals surface area contributed by atoms with E-state index in [9.17, 15) is 9.59 Å². The lowest BCUT2D eigenvalue weighted by molar-refractivity contribution is -0.137. The first-order valence-electron chi connectivity index (χ1n) is 5.49. The fraction of sp³-hybridized carbons (Fsp3) is 0.545. The molecule has 0 bridgehead atoms. The first-order valence-corrected chi connectivity index (χ1v) is 5.49. The maximum atomic E-state index is 11.9. The van der Waals surface area contributed by atoms with Gasteiger partial charge in [0, 0.05) is 19.3 Å². The molecule has 1 aromatic heterocycles. The molecule has 1 atom stereocenters. The van der Waals surface area contributed by atoms with Crippen LogP contribution in [-0.4, -0.2) is 32.8 Å². The molecule has 0 fully saturated rings. The van der Waals surface area contributed by atoms with Crippen LogP contribution in [0.15, 0.2) is 6.20 Å². The molecule has 17 heavy (non-hydrogen) atoms. The Kier molecular flexibility index (Phi) is 4.25. The normalized spacial score (nSPS) is 12.2. The third kappa shape index (κ3) is 3.58. The van der Waals surface area contributed by atoms with Crippen molar-refractivity contribution in [1.29, 1.82) is 0 Å². The minimum atomic E-state index is -0.931. The number of hydrogen-bond acceptors (Lipinski definition) is 3. The van der Waals surface area contributed by atoms with Crippen LogP contribution in [0, 0.1) is 0 Å². The van der Waals surface area contributed by atoms with Crippen LogP contribution in [0.2, 0.25) is 0 Å². The second-order valence-electron chi connectivity index (χ2n) is 3.99. The molecule has 6 nitrogen and oxygen atoms in total. The first kappa shape index (κ1) is 13.2. The van der Waals surface area contributed by atoms with Crippen LogP contribution >= 0.6 is 0 Å². The van der Waals surface area contributed by atoms with E-state index in [1.165, 1.54) is 0 Å². The Labute approximate surface area is 99.6 Å². The van der Waals surface area contributed by atoms with Gasteiger partial charge in [0.15, 0.2) is 0 Å². The summed E-state index contributed by atoms with van der Waals surface area (Å²) in [5.74, 6) is -1.21. The Morgan fingerprint density at radius 3 is 2.76 bits per heavy atom. The van der Waals surface area contributed by atoms with E-state index >= 15 is 0 Å². The summed E-state index contributed by atoms with van der Waals surface area (Å²) >= 11 is 0. The van der Waals surface area contributed by atoms with E-state index in [0.29, 0.717) is 17.7 Å². The molecular formula is C11H17N3O3. The molecule has 1 unspecified atom stereocenters. The number of amides is 1. The largest absolute Gasteiger partial charge is 0.481 e. The number of nitrogens with zero attached hydrogens (tertiary/aromatic N) is 2. The fourth-order valence-electron chi connectivity index (χ4n) is 1.60. The second kappa shape index (κ2) is 5.47. The average Bonchev–Trinajstić information content (AvgIpc) is 2.58. The molecule has 0 saturated heterocycles. The molecule has 1 amide bonds. The van der Waals surface area contributed by atoms with Gasteiger partial charge in [-0.05, 0) is 13.3 Å². The Morgan fingerprint density at radius 1 is 1.59 bits per heavy atom. The van der Waals surface area contributed by atoms with E-state index in [1.54, 1.807) is 24.9 Å². The highest BCUT2D eigenvalue weighted by atomic mass is 16.4. The van der Waals surface area contributed by atoms with Gasteiger partial charge in [-0.25, -0.2) is 0 Å². The van der Waals surface area contributed by atoms with Gasteiger partial charge in [0.25, 0.3) is 5.91 Å². The number of carbonyl (C=O) groups is 2. The standard InChI is InChI=1S/C11H17N3O3/c1-4-9-8(6-14(3)13-9)11(17)12-7(2)5-10(15)16/h6-7H,4-5H2,1-3H3,(H,12,17)(H,15,16). The van der Waals surface area contributed by atoms with Crippen LogP contribution in [0.5, 0.6) is 0 Å². The van der Waals surface area contributed by atoms with Crippen LogP contribution < -0.4 is 5.32 Å². The molecule has 0 saturated carbocycles. The van der Waals surface area contributed by atoms with Gasteiger partial charge >= 0.3 is 5.97 Å². The summed E-state index contributed by atoms with van der Waals surface area (Å²) in [5.41, 5.74) is 1.22. The zero-order chi connectivity index (χ0) is 13.0. The minimum Gasteiger partial charge on any atom is -0.481 e. The van der Waals surface area contributed by atoms with Crippen molar-refractivity contribution in [2.45, 2.75) is 32.7 Å². The Bertz CT molecular complexity index is 426. The lowest BCUT2D eigenvalue weighted by Crippen LogP contribution is -2.34. The van der Waals surface area contributed by atoms with Crippen molar-refractivity contribution in [3.05, 3.63) is 17.5 Å². The van der Waals surface area contributed by atoms with Crippen LogP contribution in [0.1, 0.15) is 36.3 Å². The highest BCUT2D eigenvalue weighted by Crippen LogP contribution is 2.07. The van der Waals surface area contributed by atoms with Gasteiger partial charge in [0.2, 0.25) is 0 Å².